The normalized spacial score (nSPS) is 12.4. The molecule has 122 valence electrons. The number of hydrogen-bond acceptors (Lipinski definition) is 5. The molecule has 0 saturated carbocycles. The first-order valence-electron chi connectivity index (χ1n) is 6.77. The Kier molecular flexibility index (Phi) is 5.36. The average molecular weight is 335 g/mol. The van der Waals surface area contributed by atoms with Crippen molar-refractivity contribution < 1.29 is 22.7 Å². The van der Waals surface area contributed by atoms with E-state index in [2.05, 4.69) is 4.72 Å². The lowest BCUT2D eigenvalue weighted by Gasteiger charge is -2.17. The zero-order valence-electron chi connectivity index (χ0n) is 12.7. The molecule has 7 heteroatoms. The van der Waals surface area contributed by atoms with Crippen molar-refractivity contribution in [2.45, 2.75) is 10.9 Å². The van der Waals surface area contributed by atoms with Gasteiger partial charge in [-0.3, -0.25) is 0 Å². The summed E-state index contributed by atoms with van der Waals surface area (Å²) in [4.78, 5) is 12.0. The molecular formula is C16H17NO5S. The summed E-state index contributed by atoms with van der Waals surface area (Å²) in [6.07, 6.45) is 0. The molecule has 0 bridgehead atoms. The van der Waals surface area contributed by atoms with E-state index in [1.54, 1.807) is 30.3 Å². The molecule has 2 aromatic carbocycles. The average Bonchev–Trinajstić information content (AvgIpc) is 2.60. The van der Waals surface area contributed by atoms with Gasteiger partial charge in [0.05, 0.1) is 19.1 Å². The molecule has 2 rings (SSSR count). The molecule has 0 aromatic heterocycles. The second-order valence-corrected chi connectivity index (χ2v) is 6.38. The molecule has 23 heavy (non-hydrogen) atoms. The predicted molar refractivity (Wildman–Crippen MR) is 84.5 cm³/mol. The largest absolute Gasteiger partial charge is 0.497 e. The van der Waals surface area contributed by atoms with E-state index in [1.165, 1.54) is 38.5 Å². The minimum Gasteiger partial charge on any atom is -0.497 e. The number of nitrogens with one attached hydrogen (secondary N) is 1. The molecule has 0 unspecified atom stereocenters. The van der Waals surface area contributed by atoms with Gasteiger partial charge in [-0.05, 0) is 29.8 Å². The summed E-state index contributed by atoms with van der Waals surface area (Å²) in [5.41, 5.74) is 0.497. The van der Waals surface area contributed by atoms with E-state index < -0.39 is 22.0 Å². The van der Waals surface area contributed by atoms with E-state index in [1.807, 2.05) is 0 Å². The fourth-order valence-electron chi connectivity index (χ4n) is 1.99. The summed E-state index contributed by atoms with van der Waals surface area (Å²) in [5, 5.41) is 0. The van der Waals surface area contributed by atoms with Crippen LogP contribution in [0.3, 0.4) is 0 Å². The maximum atomic E-state index is 12.5. The van der Waals surface area contributed by atoms with Gasteiger partial charge >= 0.3 is 5.97 Å². The van der Waals surface area contributed by atoms with Crippen molar-refractivity contribution in [1.82, 2.24) is 4.72 Å². The third kappa shape index (κ3) is 4.08. The minimum absolute atomic E-state index is 0.0307. The van der Waals surface area contributed by atoms with Crippen LogP contribution in [0.4, 0.5) is 0 Å². The highest BCUT2D eigenvalue weighted by Crippen LogP contribution is 2.20. The number of sulfonamides is 1. The number of hydrogen-bond donors (Lipinski definition) is 1. The Morgan fingerprint density at radius 1 is 1.00 bits per heavy atom. The summed E-state index contributed by atoms with van der Waals surface area (Å²) in [5.74, 6) is -0.148. The van der Waals surface area contributed by atoms with E-state index in [0.717, 1.165) is 0 Å². The number of benzene rings is 2. The highest BCUT2D eigenvalue weighted by atomic mass is 32.2. The first kappa shape index (κ1) is 17.0. The van der Waals surface area contributed by atoms with E-state index in [0.29, 0.717) is 11.3 Å². The lowest BCUT2D eigenvalue weighted by molar-refractivity contribution is -0.142. The molecular weight excluding hydrogens is 318 g/mol. The first-order chi connectivity index (χ1) is 11.0. The van der Waals surface area contributed by atoms with Crippen LogP contribution in [0.2, 0.25) is 0 Å². The Balaban J connectivity index is 2.32. The zero-order valence-corrected chi connectivity index (χ0v) is 13.5. The van der Waals surface area contributed by atoms with Gasteiger partial charge in [-0.2, -0.15) is 4.72 Å². The molecule has 0 aliphatic heterocycles. The van der Waals surface area contributed by atoms with E-state index >= 15 is 0 Å². The topological polar surface area (TPSA) is 81.7 Å². The summed E-state index contributed by atoms with van der Waals surface area (Å²) >= 11 is 0. The summed E-state index contributed by atoms with van der Waals surface area (Å²) in [6, 6.07) is 13.3. The summed E-state index contributed by atoms with van der Waals surface area (Å²) in [6.45, 7) is 0. The van der Waals surface area contributed by atoms with E-state index in [-0.39, 0.29) is 4.90 Å². The SMILES string of the molecule is COC(=O)[C@@H](NS(=O)(=O)c1ccc(OC)cc1)c1ccccc1. The zero-order chi connectivity index (χ0) is 16.9. The molecule has 0 radical (unpaired) electrons. The van der Waals surface area contributed by atoms with Crippen LogP contribution in [0, 0.1) is 0 Å². The first-order valence-corrected chi connectivity index (χ1v) is 8.25. The molecule has 1 N–H and O–H groups in total. The third-order valence-corrected chi connectivity index (χ3v) is 4.65. The molecule has 2 aromatic rings. The monoisotopic (exact) mass is 335 g/mol. The van der Waals surface area contributed by atoms with Crippen LogP contribution in [-0.4, -0.2) is 28.6 Å². The van der Waals surface area contributed by atoms with Gasteiger partial charge in [0.2, 0.25) is 10.0 Å². The number of carbonyl (C=O) groups excluding carboxylic acids is 1. The Hall–Kier alpha value is -2.38. The minimum atomic E-state index is -3.89. The van der Waals surface area contributed by atoms with Crippen LogP contribution in [0.15, 0.2) is 59.5 Å². The molecule has 1 atom stereocenters. The van der Waals surface area contributed by atoms with Crippen LogP contribution < -0.4 is 9.46 Å². The smallest absolute Gasteiger partial charge is 0.328 e. The number of carbonyl (C=O) groups is 1. The highest BCUT2D eigenvalue weighted by molar-refractivity contribution is 7.89. The van der Waals surface area contributed by atoms with Crippen molar-refractivity contribution in [2.75, 3.05) is 14.2 Å². The van der Waals surface area contributed by atoms with Crippen molar-refractivity contribution in [2.24, 2.45) is 0 Å². The van der Waals surface area contributed by atoms with Gasteiger partial charge < -0.3 is 9.47 Å². The second-order valence-electron chi connectivity index (χ2n) is 4.66. The van der Waals surface area contributed by atoms with Gasteiger partial charge in [0.25, 0.3) is 0 Å². The van der Waals surface area contributed by atoms with Gasteiger partial charge in [0, 0.05) is 0 Å². The molecule has 0 aliphatic carbocycles. The van der Waals surface area contributed by atoms with E-state index in [4.69, 9.17) is 9.47 Å². The lowest BCUT2D eigenvalue weighted by atomic mass is 10.1. The van der Waals surface area contributed by atoms with Crippen LogP contribution >= 0.6 is 0 Å². The fraction of sp³-hybridized carbons (Fsp3) is 0.188. The molecule has 0 fully saturated rings. The van der Waals surface area contributed by atoms with Gasteiger partial charge in [-0.15, -0.1) is 0 Å². The lowest BCUT2D eigenvalue weighted by Crippen LogP contribution is -2.34. The Morgan fingerprint density at radius 3 is 2.13 bits per heavy atom. The van der Waals surface area contributed by atoms with E-state index in [9.17, 15) is 13.2 Å². The number of ether oxygens (including phenoxy) is 2. The Morgan fingerprint density at radius 2 is 1.61 bits per heavy atom. The van der Waals surface area contributed by atoms with Crippen LogP contribution in [0.1, 0.15) is 11.6 Å². The Labute approximate surface area is 135 Å². The van der Waals surface area contributed by atoms with Crippen molar-refractivity contribution in [3.8, 4) is 5.75 Å². The molecule has 0 amide bonds. The Bertz CT molecular complexity index is 757. The van der Waals surface area contributed by atoms with Gasteiger partial charge in [0.15, 0.2) is 0 Å². The quantitative estimate of drug-likeness (QED) is 0.815. The fourth-order valence-corrected chi connectivity index (χ4v) is 3.17. The summed E-state index contributed by atoms with van der Waals surface area (Å²) < 4.78 is 37.0. The maximum absolute atomic E-state index is 12.5. The van der Waals surface area contributed by atoms with Crippen molar-refractivity contribution in [3.05, 3.63) is 60.2 Å². The van der Waals surface area contributed by atoms with Crippen molar-refractivity contribution in [1.29, 1.82) is 0 Å². The molecule has 0 aliphatic rings. The van der Waals surface area contributed by atoms with Crippen molar-refractivity contribution >= 4 is 16.0 Å². The molecule has 0 spiro atoms. The van der Waals surface area contributed by atoms with Crippen LogP contribution in [-0.2, 0) is 19.6 Å². The number of esters is 1. The molecule has 0 heterocycles. The van der Waals surface area contributed by atoms with Crippen LogP contribution in [0.5, 0.6) is 5.75 Å². The molecule has 0 saturated heterocycles. The predicted octanol–water partition coefficient (Wildman–Crippen LogP) is 1.89. The standard InChI is InChI=1S/C16H17NO5S/c1-21-13-8-10-14(11-9-13)23(19,20)17-15(16(18)22-2)12-6-4-3-5-7-12/h3-11,15,17H,1-2H3/t15-/m0/s1. The van der Waals surface area contributed by atoms with Gasteiger partial charge in [-0.1, -0.05) is 30.3 Å². The number of rotatable bonds is 6. The highest BCUT2D eigenvalue weighted by Gasteiger charge is 2.27. The molecule has 6 nitrogen and oxygen atoms in total. The third-order valence-electron chi connectivity index (χ3n) is 3.21. The van der Waals surface area contributed by atoms with Crippen LogP contribution in [0.25, 0.3) is 0 Å². The van der Waals surface area contributed by atoms with Crippen molar-refractivity contribution in [3.63, 3.8) is 0 Å². The van der Waals surface area contributed by atoms with Gasteiger partial charge in [0.1, 0.15) is 11.8 Å². The summed E-state index contributed by atoms with van der Waals surface area (Å²) in [7, 11) is -1.20. The van der Waals surface area contributed by atoms with Gasteiger partial charge in [-0.25, -0.2) is 13.2 Å². The second kappa shape index (κ2) is 7.26. The number of methoxy groups -OCH3 is 2. The maximum Gasteiger partial charge on any atom is 0.328 e.